The second-order valence-corrected chi connectivity index (χ2v) is 5.33. The maximum atomic E-state index is 4.52. The summed E-state index contributed by atoms with van der Waals surface area (Å²) < 4.78 is 3.36. The van der Waals surface area contributed by atoms with E-state index in [9.17, 15) is 0 Å². The standard InChI is InChI=1S/C15H20BrN3/c1-3-17-14(15-18-9-10-19(15)4-2)11-12-7-5-6-8-13(12)16/h5-10,14,17H,3-4,11H2,1-2H3. The summed E-state index contributed by atoms with van der Waals surface area (Å²) in [7, 11) is 0. The van der Waals surface area contributed by atoms with Gasteiger partial charge in [-0.1, -0.05) is 41.1 Å². The molecule has 1 atom stereocenters. The van der Waals surface area contributed by atoms with E-state index in [1.165, 1.54) is 5.56 Å². The molecule has 0 amide bonds. The molecule has 0 saturated carbocycles. The second-order valence-electron chi connectivity index (χ2n) is 4.48. The molecule has 4 heteroatoms. The van der Waals surface area contributed by atoms with Crippen LogP contribution in [0, 0.1) is 0 Å². The van der Waals surface area contributed by atoms with Gasteiger partial charge < -0.3 is 9.88 Å². The first kappa shape index (κ1) is 14.3. The summed E-state index contributed by atoms with van der Waals surface area (Å²) in [5.74, 6) is 1.11. The van der Waals surface area contributed by atoms with E-state index in [0.29, 0.717) is 0 Å². The van der Waals surface area contributed by atoms with Gasteiger partial charge in [-0.2, -0.15) is 0 Å². The van der Waals surface area contributed by atoms with Crippen molar-refractivity contribution in [1.29, 1.82) is 0 Å². The lowest BCUT2D eigenvalue weighted by Gasteiger charge is -2.19. The maximum absolute atomic E-state index is 4.52. The highest BCUT2D eigenvalue weighted by molar-refractivity contribution is 9.10. The summed E-state index contributed by atoms with van der Waals surface area (Å²) in [6.07, 6.45) is 4.86. The minimum Gasteiger partial charge on any atom is -0.334 e. The van der Waals surface area contributed by atoms with Crippen LogP contribution in [0.15, 0.2) is 41.1 Å². The first-order valence-corrected chi connectivity index (χ1v) is 7.53. The molecule has 0 bridgehead atoms. The Morgan fingerprint density at radius 1 is 1.32 bits per heavy atom. The molecule has 102 valence electrons. The molecular weight excluding hydrogens is 302 g/mol. The minimum absolute atomic E-state index is 0.249. The van der Waals surface area contributed by atoms with E-state index in [1.807, 2.05) is 18.5 Å². The second kappa shape index (κ2) is 6.87. The van der Waals surface area contributed by atoms with Crippen LogP contribution in [0.2, 0.25) is 0 Å². The van der Waals surface area contributed by atoms with Crippen LogP contribution in [0.25, 0.3) is 0 Å². The van der Waals surface area contributed by atoms with Crippen LogP contribution in [0.4, 0.5) is 0 Å². The first-order valence-electron chi connectivity index (χ1n) is 6.74. The minimum atomic E-state index is 0.249. The highest BCUT2D eigenvalue weighted by atomic mass is 79.9. The van der Waals surface area contributed by atoms with Crippen molar-refractivity contribution in [3.63, 3.8) is 0 Å². The maximum Gasteiger partial charge on any atom is 0.126 e. The van der Waals surface area contributed by atoms with Crippen LogP contribution in [0.5, 0.6) is 0 Å². The van der Waals surface area contributed by atoms with Gasteiger partial charge in [-0.25, -0.2) is 4.98 Å². The lowest BCUT2D eigenvalue weighted by atomic mass is 10.1. The van der Waals surface area contributed by atoms with Crippen LogP contribution in [-0.4, -0.2) is 16.1 Å². The van der Waals surface area contributed by atoms with Crippen molar-refractivity contribution in [2.75, 3.05) is 6.54 Å². The van der Waals surface area contributed by atoms with E-state index in [0.717, 1.165) is 29.8 Å². The Morgan fingerprint density at radius 3 is 2.79 bits per heavy atom. The number of hydrogen-bond donors (Lipinski definition) is 1. The van der Waals surface area contributed by atoms with Gasteiger partial charge in [-0.05, 0) is 31.5 Å². The van der Waals surface area contributed by atoms with Crippen molar-refractivity contribution < 1.29 is 0 Å². The monoisotopic (exact) mass is 321 g/mol. The molecule has 0 spiro atoms. The van der Waals surface area contributed by atoms with Crippen LogP contribution in [0.1, 0.15) is 31.3 Å². The van der Waals surface area contributed by atoms with Crippen molar-refractivity contribution in [2.45, 2.75) is 32.9 Å². The quantitative estimate of drug-likeness (QED) is 0.881. The number of aromatic nitrogens is 2. The van der Waals surface area contributed by atoms with Crippen molar-refractivity contribution in [2.24, 2.45) is 0 Å². The van der Waals surface area contributed by atoms with Gasteiger partial charge >= 0.3 is 0 Å². The third kappa shape index (κ3) is 3.45. The van der Waals surface area contributed by atoms with E-state index in [-0.39, 0.29) is 6.04 Å². The lowest BCUT2D eigenvalue weighted by Crippen LogP contribution is -2.26. The lowest BCUT2D eigenvalue weighted by molar-refractivity contribution is 0.495. The zero-order chi connectivity index (χ0) is 13.7. The number of benzene rings is 1. The summed E-state index contributed by atoms with van der Waals surface area (Å²) in [5, 5.41) is 3.53. The number of aryl methyl sites for hydroxylation is 1. The number of rotatable bonds is 6. The molecule has 2 aromatic rings. The summed E-state index contributed by atoms with van der Waals surface area (Å²) in [6, 6.07) is 8.62. The highest BCUT2D eigenvalue weighted by Crippen LogP contribution is 2.23. The van der Waals surface area contributed by atoms with Crippen molar-refractivity contribution in [1.82, 2.24) is 14.9 Å². The van der Waals surface area contributed by atoms with E-state index in [4.69, 9.17) is 0 Å². The Hall–Kier alpha value is -1.13. The third-order valence-electron chi connectivity index (χ3n) is 3.23. The molecule has 19 heavy (non-hydrogen) atoms. The van der Waals surface area contributed by atoms with E-state index in [2.05, 4.69) is 62.8 Å². The van der Waals surface area contributed by atoms with Gasteiger partial charge in [0.05, 0.1) is 6.04 Å². The number of likely N-dealkylation sites (N-methyl/N-ethyl adjacent to an activating group) is 1. The Balaban J connectivity index is 2.24. The molecule has 1 heterocycles. The van der Waals surface area contributed by atoms with Crippen molar-refractivity contribution in [3.05, 3.63) is 52.5 Å². The Labute approximate surface area is 123 Å². The first-order chi connectivity index (χ1) is 9.26. The van der Waals surface area contributed by atoms with Crippen LogP contribution < -0.4 is 5.32 Å². The summed E-state index contributed by atoms with van der Waals surface area (Å²) in [5.41, 5.74) is 1.30. The normalized spacial score (nSPS) is 12.6. The molecule has 0 aliphatic carbocycles. The largest absolute Gasteiger partial charge is 0.334 e. The highest BCUT2D eigenvalue weighted by Gasteiger charge is 2.17. The number of imidazole rings is 1. The molecule has 1 N–H and O–H groups in total. The summed E-state index contributed by atoms with van der Waals surface area (Å²) in [4.78, 5) is 4.52. The molecular formula is C15H20BrN3. The van der Waals surface area contributed by atoms with Gasteiger partial charge in [0, 0.05) is 23.4 Å². The number of nitrogens with zero attached hydrogens (tertiary/aromatic N) is 2. The molecule has 1 aromatic carbocycles. The number of hydrogen-bond acceptors (Lipinski definition) is 2. The van der Waals surface area contributed by atoms with E-state index in [1.54, 1.807) is 0 Å². The summed E-state index contributed by atoms with van der Waals surface area (Å²) in [6.45, 7) is 6.16. The van der Waals surface area contributed by atoms with E-state index >= 15 is 0 Å². The fourth-order valence-corrected chi connectivity index (χ4v) is 2.73. The molecule has 1 unspecified atom stereocenters. The smallest absolute Gasteiger partial charge is 0.126 e. The molecule has 3 nitrogen and oxygen atoms in total. The van der Waals surface area contributed by atoms with Gasteiger partial charge in [0.2, 0.25) is 0 Å². The predicted octanol–water partition coefficient (Wildman–Crippen LogP) is 3.56. The Bertz CT molecular complexity index is 522. The number of nitrogens with one attached hydrogen (secondary N) is 1. The molecule has 0 aliphatic heterocycles. The van der Waals surface area contributed by atoms with Gasteiger partial charge in [0.1, 0.15) is 5.82 Å². The van der Waals surface area contributed by atoms with Gasteiger partial charge in [-0.3, -0.25) is 0 Å². The Morgan fingerprint density at radius 2 is 2.11 bits per heavy atom. The van der Waals surface area contributed by atoms with Crippen molar-refractivity contribution >= 4 is 15.9 Å². The Kier molecular flexibility index (Phi) is 5.16. The van der Waals surface area contributed by atoms with Crippen LogP contribution in [-0.2, 0) is 13.0 Å². The molecule has 0 aliphatic rings. The molecule has 1 aromatic heterocycles. The zero-order valence-corrected chi connectivity index (χ0v) is 13.0. The molecule has 0 fully saturated rings. The van der Waals surface area contributed by atoms with Crippen LogP contribution in [0.3, 0.4) is 0 Å². The van der Waals surface area contributed by atoms with Gasteiger partial charge in [0.15, 0.2) is 0 Å². The van der Waals surface area contributed by atoms with Gasteiger partial charge in [0.25, 0.3) is 0 Å². The van der Waals surface area contributed by atoms with Crippen molar-refractivity contribution in [3.8, 4) is 0 Å². The zero-order valence-electron chi connectivity index (χ0n) is 11.4. The van der Waals surface area contributed by atoms with E-state index < -0.39 is 0 Å². The van der Waals surface area contributed by atoms with Gasteiger partial charge in [-0.15, -0.1) is 0 Å². The SMILES string of the molecule is CCNC(Cc1ccccc1Br)c1nccn1CC. The molecule has 2 rings (SSSR count). The topological polar surface area (TPSA) is 29.9 Å². The van der Waals surface area contributed by atoms with Crippen LogP contribution >= 0.6 is 15.9 Å². The molecule has 0 radical (unpaired) electrons. The fourth-order valence-electron chi connectivity index (χ4n) is 2.28. The number of halogens is 1. The summed E-state index contributed by atoms with van der Waals surface area (Å²) >= 11 is 3.62. The fraction of sp³-hybridized carbons (Fsp3) is 0.400. The average molecular weight is 322 g/mol. The predicted molar refractivity (Wildman–Crippen MR) is 82.2 cm³/mol. The molecule has 0 saturated heterocycles. The third-order valence-corrected chi connectivity index (χ3v) is 4.01. The average Bonchev–Trinajstić information content (AvgIpc) is 2.89.